The van der Waals surface area contributed by atoms with Crippen molar-refractivity contribution in [3.05, 3.63) is 35.2 Å². The lowest BCUT2D eigenvalue weighted by Crippen LogP contribution is -2.18. The lowest BCUT2D eigenvalue weighted by atomic mass is 10.2. The maximum absolute atomic E-state index is 12.2. The first-order chi connectivity index (χ1) is 9.11. The lowest BCUT2D eigenvalue weighted by molar-refractivity contribution is -0.140. The summed E-state index contributed by atoms with van der Waals surface area (Å²) in [4.78, 5) is 11.2. The molecular weight excluding hydrogens is 280 g/mol. The summed E-state index contributed by atoms with van der Waals surface area (Å²) in [6.45, 7) is 1.82. The van der Waals surface area contributed by atoms with Crippen molar-refractivity contribution in [1.82, 2.24) is 0 Å². The van der Waals surface area contributed by atoms with Gasteiger partial charge in [-0.3, -0.25) is 9.00 Å². The van der Waals surface area contributed by atoms with Crippen LogP contribution in [0.3, 0.4) is 0 Å². The summed E-state index contributed by atoms with van der Waals surface area (Å²) in [5.41, 5.74) is 1.09. The summed E-state index contributed by atoms with van der Waals surface area (Å²) in [6, 6.07) is 8.09. The average Bonchev–Trinajstić information content (AvgIpc) is 2.82. The number of carbonyl (C=O) groups is 1. The van der Waals surface area contributed by atoms with Gasteiger partial charge in [-0.2, -0.15) is 0 Å². The summed E-state index contributed by atoms with van der Waals surface area (Å²) < 4.78 is 18.0. The lowest BCUT2D eigenvalue weighted by Gasteiger charge is -2.09. The van der Waals surface area contributed by atoms with Crippen LogP contribution < -0.4 is 0 Å². The van der Waals surface area contributed by atoms with E-state index in [1.165, 1.54) is 11.8 Å². The second-order valence-electron chi connectivity index (χ2n) is 4.37. The first-order valence-corrected chi connectivity index (χ1v) is 8.27. The molecule has 5 heteroatoms. The van der Waals surface area contributed by atoms with E-state index >= 15 is 0 Å². The van der Waals surface area contributed by atoms with Crippen molar-refractivity contribution >= 4 is 38.2 Å². The molecule has 3 nitrogen and oxygen atoms in total. The van der Waals surface area contributed by atoms with Crippen molar-refractivity contribution in [2.45, 2.75) is 24.3 Å². The Balaban J connectivity index is 2.08. The molecule has 102 valence electrons. The van der Waals surface area contributed by atoms with E-state index in [9.17, 15) is 9.00 Å². The second kappa shape index (κ2) is 6.30. The third-order valence-electron chi connectivity index (χ3n) is 2.99. The SMILES string of the molecule is COC(=O)CC(C)S(=O)Cc1csc2ccccc12. The molecule has 0 N–H and O–H groups in total. The molecule has 0 saturated heterocycles. The zero-order valence-electron chi connectivity index (χ0n) is 10.9. The quantitative estimate of drug-likeness (QED) is 0.796. The van der Waals surface area contributed by atoms with Crippen LogP contribution in [-0.4, -0.2) is 22.5 Å². The van der Waals surface area contributed by atoms with E-state index in [2.05, 4.69) is 10.8 Å². The van der Waals surface area contributed by atoms with Gasteiger partial charge in [0.25, 0.3) is 0 Å². The minimum atomic E-state index is -1.07. The summed E-state index contributed by atoms with van der Waals surface area (Å²) in [6.07, 6.45) is 0.200. The van der Waals surface area contributed by atoms with Crippen LogP contribution >= 0.6 is 11.3 Å². The zero-order valence-corrected chi connectivity index (χ0v) is 12.6. The van der Waals surface area contributed by atoms with Crippen LogP contribution in [0.15, 0.2) is 29.6 Å². The first kappa shape index (κ1) is 14.2. The van der Waals surface area contributed by atoms with Crippen molar-refractivity contribution in [1.29, 1.82) is 0 Å². The second-order valence-corrected chi connectivity index (χ2v) is 7.14. The fourth-order valence-electron chi connectivity index (χ4n) is 1.85. The number of benzene rings is 1. The number of hydrogen-bond donors (Lipinski definition) is 0. The Morgan fingerprint density at radius 1 is 1.42 bits per heavy atom. The maximum Gasteiger partial charge on any atom is 0.306 e. The van der Waals surface area contributed by atoms with Crippen LogP contribution in [-0.2, 0) is 26.1 Å². The number of fused-ring (bicyclic) bond motifs is 1. The molecule has 0 fully saturated rings. The van der Waals surface area contributed by atoms with Crippen LogP contribution in [0.25, 0.3) is 10.1 Å². The monoisotopic (exact) mass is 296 g/mol. The zero-order chi connectivity index (χ0) is 13.8. The van der Waals surface area contributed by atoms with Gasteiger partial charge in [0.2, 0.25) is 0 Å². The number of hydrogen-bond acceptors (Lipinski definition) is 4. The highest BCUT2D eigenvalue weighted by Crippen LogP contribution is 2.27. The molecule has 1 aromatic heterocycles. The summed E-state index contributed by atoms with van der Waals surface area (Å²) in [5, 5.41) is 3.02. The fraction of sp³-hybridized carbons (Fsp3) is 0.357. The highest BCUT2D eigenvalue weighted by molar-refractivity contribution is 7.84. The van der Waals surface area contributed by atoms with Gasteiger partial charge < -0.3 is 4.74 Å². The van der Waals surface area contributed by atoms with Crippen LogP contribution in [0.5, 0.6) is 0 Å². The van der Waals surface area contributed by atoms with Crippen molar-refractivity contribution in [2.24, 2.45) is 0 Å². The van der Waals surface area contributed by atoms with E-state index in [1.54, 1.807) is 11.3 Å². The molecule has 0 saturated carbocycles. The number of esters is 1. The third-order valence-corrected chi connectivity index (χ3v) is 5.66. The molecule has 0 amide bonds. The molecule has 0 radical (unpaired) electrons. The molecule has 0 spiro atoms. The molecule has 0 bridgehead atoms. The van der Waals surface area contributed by atoms with Crippen LogP contribution in [0.4, 0.5) is 0 Å². The van der Waals surface area contributed by atoms with E-state index in [0.29, 0.717) is 5.75 Å². The largest absolute Gasteiger partial charge is 0.469 e. The van der Waals surface area contributed by atoms with E-state index in [0.717, 1.165) is 10.9 Å². The van der Waals surface area contributed by atoms with E-state index < -0.39 is 10.8 Å². The van der Waals surface area contributed by atoms with Gasteiger partial charge in [-0.05, 0) is 22.4 Å². The van der Waals surface area contributed by atoms with E-state index in [4.69, 9.17) is 0 Å². The van der Waals surface area contributed by atoms with Gasteiger partial charge in [0.15, 0.2) is 0 Å². The first-order valence-electron chi connectivity index (χ1n) is 6.01. The highest BCUT2D eigenvalue weighted by Gasteiger charge is 2.17. The summed E-state index contributed by atoms with van der Waals surface area (Å²) in [7, 11) is 0.285. The molecule has 0 aliphatic rings. The van der Waals surface area contributed by atoms with Crippen LogP contribution in [0.1, 0.15) is 18.9 Å². The molecule has 0 aliphatic heterocycles. The number of ether oxygens (including phenoxy) is 1. The molecule has 2 unspecified atom stereocenters. The number of rotatable bonds is 5. The van der Waals surface area contributed by atoms with Crippen molar-refractivity contribution in [2.75, 3.05) is 7.11 Å². The molecule has 1 heterocycles. The molecule has 2 aromatic rings. The van der Waals surface area contributed by atoms with Gasteiger partial charge >= 0.3 is 5.97 Å². The molecule has 0 aliphatic carbocycles. The molecule has 19 heavy (non-hydrogen) atoms. The molecule has 1 aromatic carbocycles. The van der Waals surface area contributed by atoms with Gasteiger partial charge in [-0.15, -0.1) is 11.3 Å². The molecule has 2 rings (SSSR count). The fourth-order valence-corrected chi connectivity index (χ4v) is 4.07. The number of thiophene rings is 1. The minimum absolute atomic E-state index is 0.189. The Morgan fingerprint density at radius 3 is 2.89 bits per heavy atom. The Kier molecular flexibility index (Phi) is 4.71. The van der Waals surface area contributed by atoms with Crippen molar-refractivity contribution in [3.63, 3.8) is 0 Å². The number of carbonyl (C=O) groups excluding carboxylic acids is 1. The van der Waals surface area contributed by atoms with Crippen molar-refractivity contribution in [3.8, 4) is 0 Å². The van der Waals surface area contributed by atoms with E-state index in [-0.39, 0.29) is 17.6 Å². The van der Waals surface area contributed by atoms with Gasteiger partial charge in [0.05, 0.1) is 19.3 Å². The third kappa shape index (κ3) is 3.42. The van der Waals surface area contributed by atoms with Gasteiger partial charge in [-0.1, -0.05) is 25.1 Å². The molecule has 2 atom stereocenters. The Bertz CT molecular complexity index is 604. The predicted octanol–water partition coefficient (Wildman–Crippen LogP) is 3.10. The van der Waals surface area contributed by atoms with Crippen LogP contribution in [0, 0.1) is 0 Å². The van der Waals surface area contributed by atoms with Gasteiger partial charge in [-0.25, -0.2) is 0 Å². The minimum Gasteiger partial charge on any atom is -0.469 e. The van der Waals surface area contributed by atoms with Crippen LogP contribution in [0.2, 0.25) is 0 Å². The normalized spacial score (nSPS) is 14.2. The van der Waals surface area contributed by atoms with Gasteiger partial charge in [0.1, 0.15) is 0 Å². The maximum atomic E-state index is 12.2. The summed E-state index contributed by atoms with van der Waals surface area (Å²) >= 11 is 1.66. The summed E-state index contributed by atoms with van der Waals surface area (Å²) in [5.74, 6) is 0.179. The number of methoxy groups -OCH3 is 1. The van der Waals surface area contributed by atoms with Crippen molar-refractivity contribution < 1.29 is 13.7 Å². The predicted molar refractivity (Wildman–Crippen MR) is 79.8 cm³/mol. The van der Waals surface area contributed by atoms with E-state index in [1.807, 2.05) is 30.5 Å². The smallest absolute Gasteiger partial charge is 0.306 e. The average molecular weight is 296 g/mol. The standard InChI is InChI=1S/C14H16O3S2/c1-10(7-14(15)17-2)19(16)9-11-8-18-13-6-4-3-5-12(11)13/h3-6,8,10H,7,9H2,1-2H3. The Labute approximate surface area is 119 Å². The Morgan fingerprint density at radius 2 is 2.16 bits per heavy atom. The Hall–Kier alpha value is -1.20. The topological polar surface area (TPSA) is 43.4 Å². The van der Waals surface area contributed by atoms with Gasteiger partial charge in [0, 0.05) is 20.7 Å². The molecular formula is C14H16O3S2. The highest BCUT2D eigenvalue weighted by atomic mass is 32.2.